The molecular formula is C17H24N2OS. The van der Waals surface area contributed by atoms with Crippen molar-refractivity contribution >= 4 is 17.2 Å². The van der Waals surface area contributed by atoms with E-state index in [0.717, 1.165) is 26.2 Å². The highest BCUT2D eigenvalue weighted by Crippen LogP contribution is 2.20. The molecule has 2 heterocycles. The third kappa shape index (κ3) is 5.86. The van der Waals surface area contributed by atoms with E-state index in [9.17, 15) is 4.79 Å². The summed E-state index contributed by atoms with van der Waals surface area (Å²) in [5, 5.41) is 5.13. The zero-order valence-electron chi connectivity index (χ0n) is 12.6. The second kappa shape index (κ2) is 8.80. The molecule has 0 aromatic carbocycles. The molecular weight excluding hydrogens is 280 g/mol. The summed E-state index contributed by atoms with van der Waals surface area (Å²) in [7, 11) is 0. The Kier molecular flexibility index (Phi) is 6.70. The van der Waals surface area contributed by atoms with Crippen molar-refractivity contribution < 1.29 is 4.79 Å². The van der Waals surface area contributed by atoms with Crippen LogP contribution < -0.4 is 5.32 Å². The standard InChI is InChI=1S/C17H24N2OS/c1-2-3-4-7-17(20)18-13-15-8-10-19(11-9-15)14-16-6-5-12-21-16/h2-7,12,15H,8-11,13-14H2,1H3,(H,18,20). The Hall–Kier alpha value is -1.39. The Morgan fingerprint density at radius 2 is 2.24 bits per heavy atom. The van der Waals surface area contributed by atoms with Crippen molar-refractivity contribution in [1.82, 2.24) is 10.2 Å². The fourth-order valence-electron chi connectivity index (χ4n) is 2.53. The molecule has 1 aromatic rings. The number of allylic oxidation sites excluding steroid dienone is 3. The number of hydrogen-bond donors (Lipinski definition) is 1. The number of carbonyl (C=O) groups excluding carboxylic acids is 1. The topological polar surface area (TPSA) is 32.3 Å². The SMILES string of the molecule is CC=CC=CC(=O)NCC1CCN(Cc2cccs2)CC1. The van der Waals surface area contributed by atoms with Gasteiger partial charge in [0.05, 0.1) is 0 Å². The Morgan fingerprint density at radius 3 is 2.90 bits per heavy atom. The highest BCUT2D eigenvalue weighted by Gasteiger charge is 2.19. The highest BCUT2D eigenvalue weighted by molar-refractivity contribution is 7.09. The van der Waals surface area contributed by atoms with Gasteiger partial charge in [0.15, 0.2) is 0 Å². The van der Waals surface area contributed by atoms with Gasteiger partial charge in [0.25, 0.3) is 0 Å². The maximum Gasteiger partial charge on any atom is 0.243 e. The summed E-state index contributed by atoms with van der Waals surface area (Å²) in [5.41, 5.74) is 0. The van der Waals surface area contributed by atoms with Crippen molar-refractivity contribution in [1.29, 1.82) is 0 Å². The van der Waals surface area contributed by atoms with Crippen molar-refractivity contribution in [3.05, 3.63) is 46.7 Å². The number of amides is 1. The Labute approximate surface area is 131 Å². The molecule has 0 aliphatic carbocycles. The van der Waals surface area contributed by atoms with Crippen molar-refractivity contribution in [2.45, 2.75) is 26.3 Å². The summed E-state index contributed by atoms with van der Waals surface area (Å²) in [6, 6.07) is 4.32. The lowest BCUT2D eigenvalue weighted by Crippen LogP contribution is -2.37. The van der Waals surface area contributed by atoms with Gasteiger partial charge in [0.2, 0.25) is 5.91 Å². The van der Waals surface area contributed by atoms with Gasteiger partial charge in [-0.25, -0.2) is 0 Å². The normalized spacial score (nSPS) is 17.8. The molecule has 1 aliphatic rings. The molecule has 1 aliphatic heterocycles. The minimum Gasteiger partial charge on any atom is -0.352 e. The van der Waals surface area contributed by atoms with Gasteiger partial charge in [-0.15, -0.1) is 11.3 Å². The average Bonchev–Trinajstić information content (AvgIpc) is 3.00. The van der Waals surface area contributed by atoms with Gasteiger partial charge in [-0.2, -0.15) is 0 Å². The smallest absolute Gasteiger partial charge is 0.243 e. The van der Waals surface area contributed by atoms with E-state index in [4.69, 9.17) is 0 Å². The molecule has 0 bridgehead atoms. The van der Waals surface area contributed by atoms with Crippen LogP contribution in [0.15, 0.2) is 41.8 Å². The summed E-state index contributed by atoms with van der Waals surface area (Å²) in [5.74, 6) is 0.623. The number of nitrogens with one attached hydrogen (secondary N) is 1. The molecule has 0 saturated carbocycles. The molecule has 0 unspecified atom stereocenters. The molecule has 1 fully saturated rings. The van der Waals surface area contributed by atoms with Crippen molar-refractivity contribution in [3.8, 4) is 0 Å². The first-order chi connectivity index (χ1) is 10.3. The van der Waals surface area contributed by atoms with Crippen LogP contribution in [0.5, 0.6) is 0 Å². The summed E-state index contributed by atoms with van der Waals surface area (Å²) in [4.78, 5) is 15.5. The van der Waals surface area contributed by atoms with Gasteiger partial charge in [-0.3, -0.25) is 9.69 Å². The molecule has 4 heteroatoms. The van der Waals surface area contributed by atoms with Crippen LogP contribution in [0.1, 0.15) is 24.6 Å². The Balaban J connectivity index is 1.64. The summed E-state index contributed by atoms with van der Waals surface area (Å²) < 4.78 is 0. The molecule has 21 heavy (non-hydrogen) atoms. The maximum absolute atomic E-state index is 11.6. The van der Waals surface area contributed by atoms with Gasteiger partial charge in [-0.1, -0.05) is 24.3 Å². The Morgan fingerprint density at radius 1 is 1.43 bits per heavy atom. The monoisotopic (exact) mass is 304 g/mol. The van der Waals surface area contributed by atoms with E-state index in [1.165, 1.54) is 17.7 Å². The molecule has 0 atom stereocenters. The molecule has 1 N–H and O–H groups in total. The lowest BCUT2D eigenvalue weighted by atomic mass is 9.97. The fraction of sp³-hybridized carbons (Fsp3) is 0.471. The zero-order chi connectivity index (χ0) is 14.9. The van der Waals surface area contributed by atoms with Crippen LogP contribution >= 0.6 is 11.3 Å². The molecule has 1 amide bonds. The number of piperidine rings is 1. The minimum absolute atomic E-state index is 0.00844. The van der Waals surface area contributed by atoms with Gasteiger partial charge in [0, 0.05) is 24.0 Å². The molecule has 3 nitrogen and oxygen atoms in total. The summed E-state index contributed by atoms with van der Waals surface area (Å²) in [6.07, 6.45) is 9.48. The quantitative estimate of drug-likeness (QED) is 0.646. The predicted molar refractivity (Wildman–Crippen MR) is 89.3 cm³/mol. The van der Waals surface area contributed by atoms with Crippen LogP contribution in [-0.2, 0) is 11.3 Å². The first-order valence-corrected chi connectivity index (χ1v) is 8.48. The van der Waals surface area contributed by atoms with Crippen LogP contribution in [-0.4, -0.2) is 30.4 Å². The van der Waals surface area contributed by atoms with Crippen molar-refractivity contribution in [3.63, 3.8) is 0 Å². The number of likely N-dealkylation sites (tertiary alicyclic amines) is 1. The van der Waals surface area contributed by atoms with Crippen LogP contribution in [0.3, 0.4) is 0 Å². The van der Waals surface area contributed by atoms with E-state index in [1.807, 2.05) is 30.4 Å². The third-order valence-electron chi connectivity index (χ3n) is 3.78. The number of thiophene rings is 1. The molecule has 1 aromatic heterocycles. The fourth-order valence-corrected chi connectivity index (χ4v) is 3.28. The third-order valence-corrected chi connectivity index (χ3v) is 4.64. The highest BCUT2D eigenvalue weighted by atomic mass is 32.1. The molecule has 1 saturated heterocycles. The number of rotatable bonds is 6. The number of nitrogens with zero attached hydrogens (tertiary/aromatic N) is 1. The van der Waals surface area contributed by atoms with E-state index >= 15 is 0 Å². The molecule has 0 radical (unpaired) electrons. The predicted octanol–water partition coefficient (Wildman–Crippen LogP) is 3.21. The maximum atomic E-state index is 11.6. The second-order valence-electron chi connectivity index (χ2n) is 5.43. The Bertz CT molecular complexity index is 471. The van der Waals surface area contributed by atoms with Crippen molar-refractivity contribution in [2.24, 2.45) is 5.92 Å². The van der Waals surface area contributed by atoms with Crippen LogP contribution in [0.2, 0.25) is 0 Å². The minimum atomic E-state index is 0.00844. The zero-order valence-corrected chi connectivity index (χ0v) is 13.4. The molecule has 2 rings (SSSR count). The molecule has 0 spiro atoms. The largest absolute Gasteiger partial charge is 0.352 e. The first-order valence-electron chi connectivity index (χ1n) is 7.60. The van der Waals surface area contributed by atoms with E-state index in [0.29, 0.717) is 5.92 Å². The lowest BCUT2D eigenvalue weighted by molar-refractivity contribution is -0.116. The van der Waals surface area contributed by atoms with Crippen LogP contribution in [0.4, 0.5) is 0 Å². The van der Waals surface area contributed by atoms with Gasteiger partial charge in [-0.05, 0) is 50.2 Å². The second-order valence-corrected chi connectivity index (χ2v) is 6.46. The number of carbonyl (C=O) groups is 1. The van der Waals surface area contributed by atoms with E-state index in [1.54, 1.807) is 12.2 Å². The van der Waals surface area contributed by atoms with Gasteiger partial charge >= 0.3 is 0 Å². The molecule has 114 valence electrons. The van der Waals surface area contributed by atoms with Gasteiger partial charge < -0.3 is 5.32 Å². The summed E-state index contributed by atoms with van der Waals surface area (Å²) in [6.45, 7) is 6.07. The number of hydrogen-bond acceptors (Lipinski definition) is 3. The van der Waals surface area contributed by atoms with E-state index in [2.05, 4.69) is 27.7 Å². The summed E-state index contributed by atoms with van der Waals surface area (Å²) >= 11 is 1.83. The lowest BCUT2D eigenvalue weighted by Gasteiger charge is -2.31. The van der Waals surface area contributed by atoms with E-state index in [-0.39, 0.29) is 5.91 Å². The van der Waals surface area contributed by atoms with Crippen LogP contribution in [0.25, 0.3) is 0 Å². The van der Waals surface area contributed by atoms with Gasteiger partial charge in [0.1, 0.15) is 0 Å². The van der Waals surface area contributed by atoms with E-state index < -0.39 is 0 Å². The van der Waals surface area contributed by atoms with Crippen LogP contribution in [0, 0.1) is 5.92 Å². The first kappa shape index (κ1) is 16.0. The average molecular weight is 304 g/mol. The van der Waals surface area contributed by atoms with Crippen molar-refractivity contribution in [2.75, 3.05) is 19.6 Å².